The highest BCUT2D eigenvalue weighted by molar-refractivity contribution is 5.90. The number of hydrogen-bond donors (Lipinski definition) is 2. The summed E-state index contributed by atoms with van der Waals surface area (Å²) in [5.41, 5.74) is 0.965. The summed E-state index contributed by atoms with van der Waals surface area (Å²) in [7, 11) is 0. The van der Waals surface area contributed by atoms with E-state index in [9.17, 15) is 23.6 Å². The van der Waals surface area contributed by atoms with E-state index in [1.54, 1.807) is 26.8 Å². The van der Waals surface area contributed by atoms with Gasteiger partial charge in [-0.3, -0.25) is 9.59 Å². The highest BCUT2D eigenvalue weighted by Crippen LogP contribution is 2.25. The maximum Gasteiger partial charge on any atom is 0.252 e. The Morgan fingerprint density at radius 3 is 2.66 bits per heavy atom. The normalized spacial score (nSPS) is 13.0. The van der Waals surface area contributed by atoms with Crippen molar-refractivity contribution >= 4 is 16.8 Å². The first-order chi connectivity index (χ1) is 13.7. The van der Waals surface area contributed by atoms with E-state index in [-0.39, 0.29) is 16.8 Å². The molecule has 3 aromatic rings. The van der Waals surface area contributed by atoms with Gasteiger partial charge in [0.2, 0.25) is 5.91 Å². The van der Waals surface area contributed by atoms with Crippen LogP contribution in [0.5, 0.6) is 0 Å². The number of halogens is 2. The minimum Gasteiger partial charge on any atom is -0.349 e. The summed E-state index contributed by atoms with van der Waals surface area (Å²) in [6, 6.07) is 5.95. The van der Waals surface area contributed by atoms with E-state index in [4.69, 9.17) is 0 Å². The Kier molecular flexibility index (Phi) is 5.41. The van der Waals surface area contributed by atoms with E-state index in [2.05, 4.69) is 15.3 Å². The Hall–Kier alpha value is -3.60. The maximum absolute atomic E-state index is 14.0. The predicted molar refractivity (Wildman–Crippen MR) is 103 cm³/mol. The number of nitriles is 1. The van der Waals surface area contributed by atoms with Crippen LogP contribution in [0.3, 0.4) is 0 Å². The Balaban J connectivity index is 1.96. The zero-order valence-electron chi connectivity index (χ0n) is 16.0. The molecule has 0 unspecified atom stereocenters. The van der Waals surface area contributed by atoms with Gasteiger partial charge in [-0.05, 0) is 38.5 Å². The molecule has 0 saturated carbocycles. The lowest BCUT2D eigenvalue weighted by Crippen LogP contribution is -2.34. The number of carbonyl (C=O) groups excluding carboxylic acids is 1. The van der Waals surface area contributed by atoms with Crippen molar-refractivity contribution in [2.45, 2.75) is 32.7 Å². The van der Waals surface area contributed by atoms with Crippen molar-refractivity contribution in [3.63, 3.8) is 0 Å². The molecule has 0 fully saturated rings. The summed E-state index contributed by atoms with van der Waals surface area (Å²) in [6.45, 7) is 4.77. The molecule has 2 heterocycles. The Bertz CT molecular complexity index is 1210. The lowest BCUT2D eigenvalue weighted by Gasteiger charge is -2.20. The predicted octanol–water partition coefficient (Wildman–Crippen LogP) is 3.36. The van der Waals surface area contributed by atoms with Crippen LogP contribution in [0.25, 0.3) is 10.9 Å². The number of H-pyrrole nitrogens is 1. The molecule has 1 amide bonds. The Morgan fingerprint density at radius 1 is 1.28 bits per heavy atom. The molecule has 0 radical (unpaired) electrons. The number of aryl methyl sites for hydroxylation is 1. The highest BCUT2D eigenvalue weighted by Gasteiger charge is 2.25. The summed E-state index contributed by atoms with van der Waals surface area (Å²) in [5.74, 6) is -2.86. The van der Waals surface area contributed by atoms with Crippen LogP contribution in [-0.2, 0) is 4.79 Å². The minimum absolute atomic E-state index is 0.132. The van der Waals surface area contributed by atoms with Crippen LogP contribution >= 0.6 is 0 Å². The van der Waals surface area contributed by atoms with Gasteiger partial charge in [0.25, 0.3) is 5.56 Å². The van der Waals surface area contributed by atoms with Crippen LogP contribution in [0.4, 0.5) is 8.78 Å². The van der Waals surface area contributed by atoms with Crippen molar-refractivity contribution in [1.82, 2.24) is 15.3 Å². The Labute approximate surface area is 165 Å². The number of amides is 1. The molecule has 148 valence electrons. The molecule has 0 saturated heterocycles. The molecule has 0 aliphatic heterocycles. The van der Waals surface area contributed by atoms with Gasteiger partial charge < -0.3 is 10.3 Å². The van der Waals surface area contributed by atoms with E-state index < -0.39 is 35.1 Å². The summed E-state index contributed by atoms with van der Waals surface area (Å²) in [5, 5.41) is 12.4. The molecule has 2 aromatic heterocycles. The summed E-state index contributed by atoms with van der Waals surface area (Å²) in [4.78, 5) is 32.1. The van der Waals surface area contributed by atoms with Gasteiger partial charge in [0.1, 0.15) is 23.4 Å². The van der Waals surface area contributed by atoms with E-state index in [0.29, 0.717) is 16.5 Å². The quantitative estimate of drug-likeness (QED) is 0.706. The second-order valence-corrected chi connectivity index (χ2v) is 6.80. The number of aromatic nitrogens is 2. The average Bonchev–Trinajstić information content (AvgIpc) is 2.66. The van der Waals surface area contributed by atoms with Gasteiger partial charge in [-0.15, -0.1) is 0 Å². The number of nitrogens with one attached hydrogen (secondary N) is 2. The number of aromatic amines is 1. The molecule has 29 heavy (non-hydrogen) atoms. The van der Waals surface area contributed by atoms with Gasteiger partial charge in [-0.25, -0.2) is 13.8 Å². The van der Waals surface area contributed by atoms with Crippen molar-refractivity contribution in [2.75, 3.05) is 0 Å². The summed E-state index contributed by atoms with van der Waals surface area (Å²) < 4.78 is 27.1. The fraction of sp³-hybridized carbons (Fsp3) is 0.238. The smallest absolute Gasteiger partial charge is 0.252 e. The molecule has 3 rings (SSSR count). The van der Waals surface area contributed by atoms with Gasteiger partial charge in [-0.1, -0.05) is 6.07 Å². The zero-order chi connectivity index (χ0) is 21.3. The number of rotatable bonds is 4. The van der Waals surface area contributed by atoms with Crippen LogP contribution in [0.1, 0.15) is 48.2 Å². The standard InChI is InChI=1S/C21H18F2N4O2/c1-10-18(21(29)27-16-6-7-25-17(9-24)19(10)16)11(2)20(28)26-12(3)14-5-4-13(22)8-15(14)23/h4-8,11-12H,1-3H3,(H,26,28)(H,27,29)/t11-,12-/m0/s1. The molecule has 6 nitrogen and oxygen atoms in total. The fourth-order valence-corrected chi connectivity index (χ4v) is 3.45. The van der Waals surface area contributed by atoms with Crippen LogP contribution in [0, 0.1) is 29.9 Å². The van der Waals surface area contributed by atoms with Crippen molar-refractivity contribution in [1.29, 1.82) is 5.26 Å². The van der Waals surface area contributed by atoms with Crippen LogP contribution in [-0.4, -0.2) is 15.9 Å². The SMILES string of the molecule is Cc1c([C@H](C)C(=O)N[C@@H](C)c2ccc(F)cc2F)c(=O)[nH]c2ccnc(C#N)c12. The van der Waals surface area contributed by atoms with Crippen molar-refractivity contribution in [3.8, 4) is 6.07 Å². The van der Waals surface area contributed by atoms with Crippen LogP contribution < -0.4 is 10.9 Å². The monoisotopic (exact) mass is 396 g/mol. The lowest BCUT2D eigenvalue weighted by atomic mass is 9.93. The van der Waals surface area contributed by atoms with E-state index in [1.165, 1.54) is 12.3 Å². The van der Waals surface area contributed by atoms with Gasteiger partial charge in [0.15, 0.2) is 0 Å². The second kappa shape index (κ2) is 7.80. The van der Waals surface area contributed by atoms with Gasteiger partial charge in [0, 0.05) is 28.8 Å². The maximum atomic E-state index is 14.0. The first-order valence-corrected chi connectivity index (χ1v) is 8.91. The van der Waals surface area contributed by atoms with Crippen molar-refractivity contribution in [3.05, 3.63) is 74.8 Å². The first kappa shape index (κ1) is 20.1. The molecule has 1 aromatic carbocycles. The molecule has 2 atom stereocenters. The Morgan fingerprint density at radius 2 is 2.00 bits per heavy atom. The molecule has 0 bridgehead atoms. The van der Waals surface area contributed by atoms with Crippen molar-refractivity contribution in [2.24, 2.45) is 0 Å². The van der Waals surface area contributed by atoms with E-state index >= 15 is 0 Å². The molecule has 8 heteroatoms. The van der Waals surface area contributed by atoms with E-state index in [1.807, 2.05) is 6.07 Å². The lowest BCUT2D eigenvalue weighted by molar-refractivity contribution is -0.122. The molecular formula is C21H18F2N4O2. The van der Waals surface area contributed by atoms with Gasteiger partial charge in [-0.2, -0.15) is 5.26 Å². The molecule has 2 N–H and O–H groups in total. The number of fused-ring (bicyclic) bond motifs is 1. The topological polar surface area (TPSA) is 98.6 Å². The summed E-state index contributed by atoms with van der Waals surface area (Å²) >= 11 is 0. The highest BCUT2D eigenvalue weighted by atomic mass is 19.1. The number of nitrogens with zero attached hydrogens (tertiary/aromatic N) is 2. The minimum atomic E-state index is -0.874. The zero-order valence-corrected chi connectivity index (χ0v) is 16.0. The summed E-state index contributed by atoms with van der Waals surface area (Å²) in [6.07, 6.45) is 1.42. The third-order valence-electron chi connectivity index (χ3n) is 4.94. The van der Waals surface area contributed by atoms with Crippen LogP contribution in [0.15, 0.2) is 35.3 Å². The fourth-order valence-electron chi connectivity index (χ4n) is 3.45. The molecular weight excluding hydrogens is 378 g/mol. The molecule has 0 aliphatic carbocycles. The third-order valence-corrected chi connectivity index (χ3v) is 4.94. The second-order valence-electron chi connectivity index (χ2n) is 6.80. The molecule has 0 spiro atoms. The third kappa shape index (κ3) is 3.72. The number of hydrogen-bond acceptors (Lipinski definition) is 4. The van der Waals surface area contributed by atoms with Crippen molar-refractivity contribution < 1.29 is 13.6 Å². The molecule has 0 aliphatic rings. The largest absolute Gasteiger partial charge is 0.349 e. The average molecular weight is 396 g/mol. The van der Waals surface area contributed by atoms with Gasteiger partial charge >= 0.3 is 0 Å². The number of pyridine rings is 2. The first-order valence-electron chi connectivity index (χ1n) is 8.91. The van der Waals surface area contributed by atoms with E-state index in [0.717, 1.165) is 12.1 Å². The number of benzene rings is 1. The van der Waals surface area contributed by atoms with Gasteiger partial charge in [0.05, 0.1) is 17.5 Å². The number of carbonyl (C=O) groups is 1. The van der Waals surface area contributed by atoms with Crippen LogP contribution in [0.2, 0.25) is 0 Å².